The lowest BCUT2D eigenvalue weighted by molar-refractivity contribution is 0.223. The van der Waals surface area contributed by atoms with Gasteiger partial charge in [0.15, 0.2) is 0 Å². The van der Waals surface area contributed by atoms with Gasteiger partial charge in [-0.2, -0.15) is 0 Å². The number of piperidine rings is 1. The van der Waals surface area contributed by atoms with Crippen molar-refractivity contribution in [1.29, 1.82) is 0 Å². The van der Waals surface area contributed by atoms with E-state index in [0.29, 0.717) is 11.3 Å². The van der Waals surface area contributed by atoms with Crippen LogP contribution in [0.5, 0.6) is 0 Å². The van der Waals surface area contributed by atoms with Crippen molar-refractivity contribution in [3.63, 3.8) is 0 Å². The van der Waals surface area contributed by atoms with Gasteiger partial charge in [-0.25, -0.2) is 4.39 Å². The van der Waals surface area contributed by atoms with Gasteiger partial charge in [0.1, 0.15) is 10.8 Å². The molecule has 0 saturated carbocycles. The highest BCUT2D eigenvalue weighted by Gasteiger charge is 2.16. The van der Waals surface area contributed by atoms with E-state index in [9.17, 15) is 4.39 Å². The van der Waals surface area contributed by atoms with Crippen molar-refractivity contribution in [1.82, 2.24) is 4.90 Å². The van der Waals surface area contributed by atoms with E-state index in [1.54, 1.807) is 6.07 Å². The molecule has 3 N–H and O–H groups in total. The second kappa shape index (κ2) is 6.99. The van der Waals surface area contributed by atoms with Crippen molar-refractivity contribution < 1.29 is 4.39 Å². The molecule has 0 bridgehead atoms. The number of thiocarbonyl (C=S) groups is 1. The van der Waals surface area contributed by atoms with Crippen LogP contribution in [-0.2, 0) is 0 Å². The molecule has 110 valence electrons. The Kier molecular flexibility index (Phi) is 5.31. The number of nitrogens with one attached hydrogen (secondary N) is 1. The normalized spacial score (nSPS) is 17.7. The summed E-state index contributed by atoms with van der Waals surface area (Å²) in [5.74, 6) is -0.368. The number of anilines is 1. The SMILES string of the molecule is CC(CN1CCCCC1)Nc1cccc(F)c1C(N)=S. The summed E-state index contributed by atoms with van der Waals surface area (Å²) in [6, 6.07) is 5.11. The molecule has 1 heterocycles. The van der Waals surface area contributed by atoms with Gasteiger partial charge in [0, 0.05) is 18.3 Å². The van der Waals surface area contributed by atoms with Gasteiger partial charge >= 0.3 is 0 Å². The van der Waals surface area contributed by atoms with Gasteiger partial charge < -0.3 is 16.0 Å². The fourth-order valence-electron chi connectivity index (χ4n) is 2.74. The van der Waals surface area contributed by atoms with Crippen LogP contribution >= 0.6 is 12.2 Å². The van der Waals surface area contributed by atoms with Crippen LogP contribution in [0.1, 0.15) is 31.7 Å². The Balaban J connectivity index is 2.01. The molecule has 0 amide bonds. The maximum atomic E-state index is 13.8. The summed E-state index contributed by atoms with van der Waals surface area (Å²) < 4.78 is 13.8. The van der Waals surface area contributed by atoms with Gasteiger partial charge in [-0.05, 0) is 45.0 Å². The van der Waals surface area contributed by atoms with Crippen molar-refractivity contribution in [3.8, 4) is 0 Å². The molecule has 1 aromatic carbocycles. The van der Waals surface area contributed by atoms with Crippen LogP contribution in [0.15, 0.2) is 18.2 Å². The predicted molar refractivity (Wildman–Crippen MR) is 85.7 cm³/mol. The van der Waals surface area contributed by atoms with Crippen molar-refractivity contribution >= 4 is 22.9 Å². The first-order valence-electron chi connectivity index (χ1n) is 7.15. The molecule has 5 heteroatoms. The number of benzene rings is 1. The van der Waals surface area contributed by atoms with E-state index < -0.39 is 0 Å². The molecule has 1 saturated heterocycles. The van der Waals surface area contributed by atoms with E-state index in [1.807, 2.05) is 6.07 Å². The topological polar surface area (TPSA) is 41.3 Å². The zero-order chi connectivity index (χ0) is 14.5. The van der Waals surface area contributed by atoms with Crippen LogP contribution in [0.2, 0.25) is 0 Å². The minimum absolute atomic E-state index is 0.0933. The third-order valence-corrected chi connectivity index (χ3v) is 3.85. The summed E-state index contributed by atoms with van der Waals surface area (Å²) in [5.41, 5.74) is 6.61. The lowest BCUT2D eigenvalue weighted by Gasteiger charge is -2.30. The molecule has 0 radical (unpaired) electrons. The summed E-state index contributed by atoms with van der Waals surface area (Å²) >= 11 is 4.94. The van der Waals surface area contributed by atoms with E-state index >= 15 is 0 Å². The lowest BCUT2D eigenvalue weighted by atomic mass is 10.1. The number of nitrogens with zero attached hydrogens (tertiary/aromatic N) is 1. The first-order valence-corrected chi connectivity index (χ1v) is 7.56. The van der Waals surface area contributed by atoms with E-state index in [4.69, 9.17) is 18.0 Å². The third kappa shape index (κ3) is 3.90. The number of rotatable bonds is 5. The number of hydrogen-bond acceptors (Lipinski definition) is 3. The van der Waals surface area contributed by atoms with E-state index in [1.165, 1.54) is 25.3 Å². The smallest absolute Gasteiger partial charge is 0.135 e. The van der Waals surface area contributed by atoms with Gasteiger partial charge in [0.25, 0.3) is 0 Å². The molecule has 0 aliphatic carbocycles. The molecule has 1 atom stereocenters. The zero-order valence-electron chi connectivity index (χ0n) is 11.9. The van der Waals surface area contributed by atoms with Crippen LogP contribution in [-0.4, -0.2) is 35.6 Å². The average molecular weight is 295 g/mol. The van der Waals surface area contributed by atoms with Crippen LogP contribution < -0.4 is 11.1 Å². The first kappa shape index (κ1) is 15.2. The predicted octanol–water partition coefficient (Wildman–Crippen LogP) is 2.75. The van der Waals surface area contributed by atoms with E-state index in [-0.39, 0.29) is 16.8 Å². The molecule has 20 heavy (non-hydrogen) atoms. The molecule has 1 fully saturated rings. The Morgan fingerprint density at radius 2 is 2.10 bits per heavy atom. The lowest BCUT2D eigenvalue weighted by Crippen LogP contribution is -2.38. The maximum absolute atomic E-state index is 13.8. The van der Waals surface area contributed by atoms with E-state index in [2.05, 4.69) is 17.1 Å². The molecule has 1 unspecified atom stereocenters. The van der Waals surface area contributed by atoms with Crippen molar-refractivity contribution in [2.24, 2.45) is 5.73 Å². The van der Waals surface area contributed by atoms with Gasteiger partial charge in [0.2, 0.25) is 0 Å². The zero-order valence-corrected chi connectivity index (χ0v) is 12.7. The Bertz CT molecular complexity index is 472. The number of hydrogen-bond donors (Lipinski definition) is 2. The summed E-state index contributed by atoms with van der Waals surface area (Å²) in [5, 5.41) is 3.33. The summed E-state index contributed by atoms with van der Waals surface area (Å²) in [7, 11) is 0. The molecule has 3 nitrogen and oxygen atoms in total. The number of halogens is 1. The Morgan fingerprint density at radius 3 is 2.75 bits per heavy atom. The monoisotopic (exact) mass is 295 g/mol. The summed E-state index contributed by atoms with van der Waals surface area (Å²) in [4.78, 5) is 2.54. The summed E-state index contributed by atoms with van der Waals surface area (Å²) in [6.45, 7) is 5.35. The number of nitrogens with two attached hydrogens (primary N) is 1. The Morgan fingerprint density at radius 1 is 1.40 bits per heavy atom. The molecule has 1 aromatic rings. The maximum Gasteiger partial charge on any atom is 0.135 e. The molecule has 1 aliphatic heterocycles. The van der Waals surface area contributed by atoms with Crippen LogP contribution in [0.25, 0.3) is 0 Å². The highest BCUT2D eigenvalue weighted by atomic mass is 32.1. The molecular weight excluding hydrogens is 273 g/mol. The minimum atomic E-state index is -0.368. The molecule has 0 spiro atoms. The third-order valence-electron chi connectivity index (χ3n) is 3.64. The van der Waals surface area contributed by atoms with Gasteiger partial charge in [0.05, 0.1) is 5.56 Å². The fourth-order valence-corrected chi connectivity index (χ4v) is 2.94. The quantitative estimate of drug-likeness (QED) is 0.820. The Labute approximate surface area is 125 Å². The molecule has 0 aromatic heterocycles. The summed E-state index contributed by atoms with van der Waals surface area (Å²) in [6.07, 6.45) is 3.86. The number of likely N-dealkylation sites (tertiary alicyclic amines) is 1. The highest BCUT2D eigenvalue weighted by Crippen LogP contribution is 2.20. The van der Waals surface area contributed by atoms with Crippen molar-refractivity contribution in [3.05, 3.63) is 29.6 Å². The Hall–Kier alpha value is -1.20. The van der Waals surface area contributed by atoms with Crippen molar-refractivity contribution in [2.45, 2.75) is 32.2 Å². The van der Waals surface area contributed by atoms with E-state index in [0.717, 1.165) is 19.6 Å². The van der Waals surface area contributed by atoms with Gasteiger partial charge in [-0.3, -0.25) is 0 Å². The standard InChI is InChI=1S/C15H22FN3S/c1-11(10-19-8-3-2-4-9-19)18-13-7-5-6-12(16)14(13)15(17)20/h5-7,11,18H,2-4,8-10H2,1H3,(H2,17,20). The second-order valence-electron chi connectivity index (χ2n) is 5.43. The second-order valence-corrected chi connectivity index (χ2v) is 5.87. The average Bonchev–Trinajstić information content (AvgIpc) is 2.39. The first-order chi connectivity index (χ1) is 9.58. The van der Waals surface area contributed by atoms with Crippen LogP contribution in [0, 0.1) is 5.82 Å². The minimum Gasteiger partial charge on any atom is -0.389 e. The molecule has 1 aliphatic rings. The molecular formula is C15H22FN3S. The van der Waals surface area contributed by atoms with Crippen LogP contribution in [0.4, 0.5) is 10.1 Å². The van der Waals surface area contributed by atoms with Gasteiger partial charge in [-0.1, -0.05) is 24.7 Å². The molecule has 2 rings (SSSR count). The highest BCUT2D eigenvalue weighted by molar-refractivity contribution is 7.80. The fraction of sp³-hybridized carbons (Fsp3) is 0.533. The largest absolute Gasteiger partial charge is 0.389 e. The van der Waals surface area contributed by atoms with Gasteiger partial charge in [-0.15, -0.1) is 0 Å². The van der Waals surface area contributed by atoms with Crippen LogP contribution in [0.3, 0.4) is 0 Å². The van der Waals surface area contributed by atoms with Crippen molar-refractivity contribution in [2.75, 3.05) is 25.0 Å².